The Hall–Kier alpha value is -1.98. The van der Waals surface area contributed by atoms with Crippen molar-refractivity contribution in [2.24, 2.45) is 0 Å². The summed E-state index contributed by atoms with van der Waals surface area (Å²) in [6.45, 7) is 7.64. The van der Waals surface area contributed by atoms with Crippen LogP contribution in [0.4, 0.5) is 0 Å². The fourth-order valence-electron chi connectivity index (χ4n) is 4.33. The smallest absolute Gasteiger partial charge is 0.320 e. The molecule has 0 bridgehead atoms. The summed E-state index contributed by atoms with van der Waals surface area (Å²) in [5.41, 5.74) is 3.02. The summed E-state index contributed by atoms with van der Waals surface area (Å²) >= 11 is 0. The SMILES string of the molecule is CC(C)(C)[Si](Oc1cc2c(cp1)CN(S(C)(=O)=O)C2)(c1ccccc1)c1ccccc1. The van der Waals surface area contributed by atoms with Crippen LogP contribution in [0, 0.1) is 0 Å². The largest absolute Gasteiger partial charge is 0.531 e. The number of hydrogen-bond donors (Lipinski definition) is 0. The van der Waals surface area contributed by atoms with Crippen molar-refractivity contribution in [1.29, 1.82) is 0 Å². The molecule has 0 unspecified atom stereocenters. The highest BCUT2D eigenvalue weighted by molar-refractivity contribution is 7.88. The van der Waals surface area contributed by atoms with Gasteiger partial charge in [-0.1, -0.05) is 81.4 Å². The van der Waals surface area contributed by atoms with Gasteiger partial charge in [0.1, 0.15) is 5.48 Å². The summed E-state index contributed by atoms with van der Waals surface area (Å²) in [4.78, 5) is 0. The van der Waals surface area contributed by atoms with Crippen LogP contribution in [-0.2, 0) is 23.1 Å². The molecule has 0 saturated heterocycles. The van der Waals surface area contributed by atoms with Crippen LogP contribution >= 0.6 is 8.19 Å². The van der Waals surface area contributed by atoms with E-state index in [1.165, 1.54) is 20.9 Å². The van der Waals surface area contributed by atoms with Gasteiger partial charge in [0.15, 0.2) is 0 Å². The molecule has 0 fully saturated rings. The fourth-order valence-corrected chi connectivity index (χ4v) is 10.8. The van der Waals surface area contributed by atoms with Crippen molar-refractivity contribution in [2.75, 3.05) is 6.26 Å². The molecule has 0 spiro atoms. The molecule has 31 heavy (non-hydrogen) atoms. The van der Waals surface area contributed by atoms with E-state index in [9.17, 15) is 8.42 Å². The Balaban J connectivity index is 1.82. The van der Waals surface area contributed by atoms with E-state index in [4.69, 9.17) is 4.43 Å². The molecule has 0 radical (unpaired) electrons. The molecular formula is C24H28NO3PSSi. The van der Waals surface area contributed by atoms with Crippen LogP contribution in [0.3, 0.4) is 0 Å². The van der Waals surface area contributed by atoms with E-state index in [0.29, 0.717) is 13.1 Å². The number of hydrogen-bond acceptors (Lipinski definition) is 3. The highest BCUT2D eigenvalue weighted by Crippen LogP contribution is 2.41. The molecule has 4 rings (SSSR count). The van der Waals surface area contributed by atoms with E-state index in [1.807, 2.05) is 12.1 Å². The van der Waals surface area contributed by atoms with Crippen molar-refractivity contribution in [2.45, 2.75) is 38.9 Å². The predicted octanol–water partition coefficient (Wildman–Crippen LogP) is 4.48. The molecule has 1 aromatic heterocycles. The summed E-state index contributed by atoms with van der Waals surface area (Å²) in [6, 6.07) is 23.2. The van der Waals surface area contributed by atoms with Gasteiger partial charge in [-0.05, 0) is 46.6 Å². The summed E-state index contributed by atoms with van der Waals surface area (Å²) in [5, 5.41) is 2.34. The summed E-state index contributed by atoms with van der Waals surface area (Å²) in [7, 11) is -4.93. The van der Waals surface area contributed by atoms with Crippen molar-refractivity contribution in [3.8, 4) is 5.48 Å². The molecule has 0 amide bonds. The van der Waals surface area contributed by atoms with E-state index >= 15 is 0 Å². The molecule has 0 aliphatic carbocycles. The lowest BCUT2D eigenvalue weighted by Gasteiger charge is -2.42. The van der Waals surface area contributed by atoms with Gasteiger partial charge in [-0.15, -0.1) is 0 Å². The van der Waals surface area contributed by atoms with Crippen molar-refractivity contribution < 1.29 is 12.8 Å². The monoisotopic (exact) mass is 469 g/mol. The standard InChI is InChI=1S/C24H28NO3PSSi/c1-24(2,3)31(21-11-7-5-8-12-21,22-13-9-6-10-14-22)28-23-15-19-16-25(30(4,26)27)17-20(19)18-29-23/h5-15,18H,16-17H2,1-4H3. The van der Waals surface area contributed by atoms with Crippen molar-refractivity contribution >= 4 is 36.9 Å². The molecule has 0 N–H and O–H groups in total. The third-order valence-corrected chi connectivity index (χ3v) is 13.1. The lowest BCUT2D eigenvalue weighted by atomic mass is 10.2. The van der Waals surface area contributed by atoms with Gasteiger partial charge >= 0.3 is 8.32 Å². The Morgan fingerprint density at radius 2 is 1.42 bits per heavy atom. The summed E-state index contributed by atoms with van der Waals surface area (Å²) in [6.07, 6.45) is 1.27. The Bertz CT molecular complexity index is 1140. The average molecular weight is 470 g/mol. The molecule has 1 aliphatic rings. The topological polar surface area (TPSA) is 46.6 Å². The predicted molar refractivity (Wildman–Crippen MR) is 131 cm³/mol. The van der Waals surface area contributed by atoms with E-state index in [2.05, 4.69) is 81.2 Å². The Morgan fingerprint density at radius 1 is 0.903 bits per heavy atom. The van der Waals surface area contributed by atoms with Crippen LogP contribution in [0.15, 0.2) is 72.5 Å². The lowest BCUT2D eigenvalue weighted by molar-refractivity contribution is 0.436. The van der Waals surface area contributed by atoms with Crippen LogP contribution in [0.1, 0.15) is 31.9 Å². The lowest BCUT2D eigenvalue weighted by Crippen LogP contribution is -2.68. The maximum Gasteiger partial charge on any atom is 0.320 e. The minimum Gasteiger partial charge on any atom is -0.531 e. The molecule has 0 saturated carbocycles. The van der Waals surface area contributed by atoms with E-state index < -0.39 is 18.3 Å². The third-order valence-electron chi connectivity index (χ3n) is 5.89. The third kappa shape index (κ3) is 4.22. The van der Waals surface area contributed by atoms with E-state index in [0.717, 1.165) is 24.8 Å². The van der Waals surface area contributed by atoms with Crippen LogP contribution in [0.2, 0.25) is 5.04 Å². The maximum atomic E-state index is 12.0. The first-order valence-electron chi connectivity index (χ1n) is 10.3. The molecule has 2 aromatic carbocycles. The molecule has 2 heterocycles. The van der Waals surface area contributed by atoms with Gasteiger partial charge in [0.2, 0.25) is 10.0 Å². The first-order valence-corrected chi connectivity index (χ1v) is 15.1. The number of sulfonamides is 1. The van der Waals surface area contributed by atoms with E-state index in [-0.39, 0.29) is 5.04 Å². The second-order valence-electron chi connectivity index (χ2n) is 9.09. The number of benzene rings is 2. The first-order chi connectivity index (χ1) is 14.6. The first kappa shape index (κ1) is 22.2. The zero-order chi connectivity index (χ0) is 22.3. The Kier molecular flexibility index (Phi) is 5.86. The maximum absolute atomic E-state index is 12.0. The van der Waals surface area contributed by atoms with Gasteiger partial charge in [0.25, 0.3) is 0 Å². The molecule has 162 valence electrons. The van der Waals surface area contributed by atoms with Crippen molar-refractivity contribution in [3.05, 3.63) is 83.7 Å². The number of nitrogens with zero attached hydrogens (tertiary/aromatic N) is 1. The molecular weight excluding hydrogens is 441 g/mol. The van der Waals surface area contributed by atoms with Crippen LogP contribution in [-0.4, -0.2) is 27.3 Å². The fraction of sp³-hybridized carbons (Fsp3) is 0.292. The van der Waals surface area contributed by atoms with Crippen molar-refractivity contribution in [1.82, 2.24) is 4.31 Å². The second-order valence-corrected chi connectivity index (χ2v) is 16.2. The highest BCUT2D eigenvalue weighted by atomic mass is 32.2. The van der Waals surface area contributed by atoms with Gasteiger partial charge in [0, 0.05) is 13.1 Å². The number of rotatable bonds is 5. The zero-order valence-corrected chi connectivity index (χ0v) is 21.1. The average Bonchev–Trinajstić information content (AvgIpc) is 3.16. The Labute approximate surface area is 188 Å². The van der Waals surface area contributed by atoms with Gasteiger partial charge in [-0.2, -0.15) is 4.31 Å². The zero-order valence-electron chi connectivity index (χ0n) is 18.4. The molecule has 3 aromatic rings. The molecule has 0 atom stereocenters. The molecule has 1 aliphatic heterocycles. The van der Waals surface area contributed by atoms with Crippen LogP contribution in [0.25, 0.3) is 0 Å². The van der Waals surface area contributed by atoms with Gasteiger partial charge in [-0.3, -0.25) is 0 Å². The molecule has 4 nitrogen and oxygen atoms in total. The molecule has 7 heteroatoms. The summed E-state index contributed by atoms with van der Waals surface area (Å²) in [5.74, 6) is 2.10. The minimum atomic E-state index is -3.22. The van der Waals surface area contributed by atoms with Gasteiger partial charge < -0.3 is 4.43 Å². The summed E-state index contributed by atoms with van der Waals surface area (Å²) < 4.78 is 32.7. The van der Waals surface area contributed by atoms with Crippen LogP contribution in [0.5, 0.6) is 5.48 Å². The van der Waals surface area contributed by atoms with Crippen molar-refractivity contribution in [3.63, 3.8) is 0 Å². The quantitative estimate of drug-likeness (QED) is 0.518. The second kappa shape index (κ2) is 8.17. The number of fused-ring (bicyclic) bond motifs is 1. The van der Waals surface area contributed by atoms with Crippen LogP contribution < -0.4 is 14.8 Å². The highest BCUT2D eigenvalue weighted by Gasteiger charge is 2.52. The van der Waals surface area contributed by atoms with Gasteiger partial charge in [-0.25, -0.2) is 8.42 Å². The Morgan fingerprint density at radius 3 is 1.90 bits per heavy atom. The van der Waals surface area contributed by atoms with E-state index in [1.54, 1.807) is 0 Å². The minimum absolute atomic E-state index is 0.116. The van der Waals surface area contributed by atoms with Gasteiger partial charge in [0.05, 0.1) is 6.26 Å². The normalized spacial score (nSPS) is 15.2.